The zero-order chi connectivity index (χ0) is 27.5. The van der Waals surface area contributed by atoms with Crippen LogP contribution in [-0.4, -0.2) is 11.6 Å². The van der Waals surface area contributed by atoms with E-state index in [4.69, 9.17) is 9.72 Å². The number of hydrogen-bond donors (Lipinski definition) is 0. The van der Waals surface area contributed by atoms with Gasteiger partial charge in [0.1, 0.15) is 5.76 Å². The Labute approximate surface area is 237 Å². The van der Waals surface area contributed by atoms with E-state index in [1.54, 1.807) is 0 Å². The summed E-state index contributed by atoms with van der Waals surface area (Å²) < 4.78 is 6.50. The number of pyridine rings is 1. The van der Waals surface area contributed by atoms with Crippen molar-refractivity contribution in [2.45, 2.75) is 99.8 Å². The summed E-state index contributed by atoms with van der Waals surface area (Å²) in [7, 11) is 0. The first-order valence-electron chi connectivity index (χ1n) is 16.1. The second kappa shape index (κ2) is 10.1. The smallest absolute Gasteiger partial charge is 0.119 e. The van der Waals surface area contributed by atoms with Gasteiger partial charge in [0, 0.05) is 16.4 Å². The lowest BCUT2D eigenvalue weighted by Crippen LogP contribution is -2.51. The summed E-state index contributed by atoms with van der Waals surface area (Å²) in [4.78, 5) is 5.17. The number of para-hydroxylation sites is 1. The van der Waals surface area contributed by atoms with Gasteiger partial charge in [0.05, 0.1) is 17.8 Å². The van der Waals surface area contributed by atoms with Crippen LogP contribution in [0.2, 0.25) is 0 Å². The van der Waals surface area contributed by atoms with Crippen LogP contribution in [0.4, 0.5) is 0 Å². The third-order valence-corrected chi connectivity index (χ3v) is 12.0. The van der Waals surface area contributed by atoms with Gasteiger partial charge < -0.3 is 4.74 Å². The lowest BCUT2D eigenvalue weighted by Gasteiger charge is -2.57. The van der Waals surface area contributed by atoms with Crippen molar-refractivity contribution < 1.29 is 4.74 Å². The van der Waals surface area contributed by atoms with Crippen LogP contribution in [-0.2, 0) is 11.2 Å². The normalized spacial score (nSPS) is 34.1. The Morgan fingerprint density at radius 1 is 1.03 bits per heavy atom. The summed E-state index contributed by atoms with van der Waals surface area (Å²) in [5, 5.41) is 1.31. The highest BCUT2D eigenvalue weighted by Crippen LogP contribution is 2.67. The molecule has 2 saturated carbocycles. The summed E-state index contributed by atoms with van der Waals surface area (Å²) in [5.74, 6) is 5.77. The van der Waals surface area contributed by atoms with Crippen LogP contribution >= 0.6 is 0 Å². The van der Waals surface area contributed by atoms with Crippen LogP contribution in [0.25, 0.3) is 17.0 Å². The van der Waals surface area contributed by atoms with Gasteiger partial charge in [0.25, 0.3) is 0 Å². The molecule has 0 spiro atoms. The van der Waals surface area contributed by atoms with Crippen LogP contribution in [0, 0.1) is 53.3 Å². The first-order valence-corrected chi connectivity index (χ1v) is 16.1. The summed E-state index contributed by atoms with van der Waals surface area (Å²) in [6.07, 6.45) is 15.8. The number of nitrogens with zero attached hydrogens (tertiary/aromatic N) is 1. The van der Waals surface area contributed by atoms with E-state index in [2.05, 4.69) is 84.9 Å². The number of allylic oxidation sites excluding steroid dienone is 2. The molecule has 0 saturated heterocycles. The number of aryl methyl sites for hydroxylation is 1. The zero-order valence-electron chi connectivity index (χ0n) is 25.6. The van der Waals surface area contributed by atoms with E-state index >= 15 is 0 Å². The highest BCUT2D eigenvalue weighted by molar-refractivity contribution is 5.86. The molecule has 1 aromatic carbocycles. The molecule has 2 heteroatoms. The molecule has 0 N–H and O–H groups in total. The molecular weight excluding hydrogens is 474 g/mol. The predicted molar refractivity (Wildman–Crippen MR) is 164 cm³/mol. The van der Waals surface area contributed by atoms with Crippen molar-refractivity contribution in [3.8, 4) is 0 Å². The van der Waals surface area contributed by atoms with Gasteiger partial charge >= 0.3 is 0 Å². The van der Waals surface area contributed by atoms with Gasteiger partial charge in [-0.2, -0.15) is 0 Å². The maximum atomic E-state index is 6.50. The van der Waals surface area contributed by atoms with E-state index in [9.17, 15) is 0 Å². The van der Waals surface area contributed by atoms with Gasteiger partial charge in [-0.05, 0) is 116 Å². The molecule has 0 bridgehead atoms. The minimum atomic E-state index is 0.105. The van der Waals surface area contributed by atoms with Crippen molar-refractivity contribution in [1.29, 1.82) is 0 Å². The van der Waals surface area contributed by atoms with Crippen LogP contribution in [0.5, 0.6) is 0 Å². The molecule has 1 aromatic heterocycles. The summed E-state index contributed by atoms with van der Waals surface area (Å²) in [5.41, 5.74) is 7.15. The molecule has 4 aliphatic carbocycles. The van der Waals surface area contributed by atoms with Crippen molar-refractivity contribution in [3.63, 3.8) is 0 Å². The fraction of sp³-hybridized carbons (Fsp3) is 0.649. The van der Waals surface area contributed by atoms with Gasteiger partial charge in [-0.3, -0.25) is 0 Å². The first kappa shape index (κ1) is 27.1. The minimum Gasteiger partial charge on any atom is -0.494 e. The Kier molecular flexibility index (Phi) is 7.00. The molecule has 0 aliphatic heterocycles. The van der Waals surface area contributed by atoms with Gasteiger partial charge in [-0.1, -0.05) is 72.1 Å². The van der Waals surface area contributed by atoms with Crippen LogP contribution in [0.15, 0.2) is 41.7 Å². The Hall–Kier alpha value is -2.09. The van der Waals surface area contributed by atoms with Gasteiger partial charge in [-0.15, -0.1) is 0 Å². The first-order chi connectivity index (χ1) is 18.7. The SMILES string of the molecule is CCOC1=CC2C(CC[C@@]3(C)C2CC[C@@H]3[C@H](C)CCCC(C)C)[C@@]2(C)Cc3c(nc4ccccc4c3C)C=C12. The highest BCUT2D eigenvalue weighted by Gasteiger charge is 2.60. The van der Waals surface area contributed by atoms with Gasteiger partial charge in [0.2, 0.25) is 0 Å². The average Bonchev–Trinajstić information content (AvgIpc) is 3.26. The maximum absolute atomic E-state index is 6.50. The van der Waals surface area contributed by atoms with Crippen LogP contribution in [0.1, 0.15) is 103 Å². The number of fused-ring (bicyclic) bond motifs is 7. The summed E-state index contributed by atoms with van der Waals surface area (Å²) >= 11 is 0. The number of ether oxygens (including phenoxy) is 1. The van der Waals surface area contributed by atoms with Crippen molar-refractivity contribution in [1.82, 2.24) is 4.98 Å². The number of hydrogen-bond acceptors (Lipinski definition) is 2. The molecular formula is C37H51NO. The maximum Gasteiger partial charge on any atom is 0.119 e. The summed E-state index contributed by atoms with van der Waals surface area (Å²) in [6.45, 7) is 17.8. The monoisotopic (exact) mass is 525 g/mol. The minimum absolute atomic E-state index is 0.105. The Bertz CT molecular complexity index is 1300. The molecule has 2 nitrogen and oxygen atoms in total. The molecule has 0 amide bonds. The Morgan fingerprint density at radius 2 is 1.82 bits per heavy atom. The number of benzene rings is 1. The average molecular weight is 526 g/mol. The number of aromatic nitrogens is 1. The molecule has 2 fully saturated rings. The Morgan fingerprint density at radius 3 is 2.59 bits per heavy atom. The van der Waals surface area contributed by atoms with E-state index in [-0.39, 0.29) is 5.41 Å². The summed E-state index contributed by atoms with van der Waals surface area (Å²) in [6, 6.07) is 8.68. The standard InChI is InChI=1S/C37H51NO/c1-8-39-35-20-27-30-17-16-29(24(4)13-11-12-23(2)3)36(30,6)19-18-31(27)37(7)22-28-25(5)26-14-9-10-15-33(26)38-34(28)21-32(35)37/h9-10,14-15,20-21,23-24,27,29-31H,8,11-13,16-19,22H2,1-7H3/t24-,27?,29-,30?,31?,36-,37-/m1/s1. The second-order valence-corrected chi connectivity index (χ2v) is 14.6. The fourth-order valence-electron chi connectivity index (χ4n) is 9.97. The van der Waals surface area contributed by atoms with Crippen molar-refractivity contribution in [2.75, 3.05) is 6.61 Å². The second-order valence-electron chi connectivity index (χ2n) is 14.6. The topological polar surface area (TPSA) is 22.1 Å². The van der Waals surface area contributed by atoms with E-state index < -0.39 is 0 Å². The van der Waals surface area contributed by atoms with E-state index in [1.165, 1.54) is 72.7 Å². The largest absolute Gasteiger partial charge is 0.494 e. The quantitative estimate of drug-likeness (QED) is 0.359. The molecule has 7 atom stereocenters. The van der Waals surface area contributed by atoms with Crippen LogP contribution < -0.4 is 0 Å². The van der Waals surface area contributed by atoms with E-state index in [0.29, 0.717) is 17.3 Å². The van der Waals surface area contributed by atoms with Crippen molar-refractivity contribution in [2.24, 2.45) is 46.3 Å². The molecule has 1 heterocycles. The Balaban J connectivity index is 1.37. The van der Waals surface area contributed by atoms with Gasteiger partial charge in [0.15, 0.2) is 0 Å². The molecule has 210 valence electrons. The van der Waals surface area contributed by atoms with E-state index in [0.717, 1.165) is 48.0 Å². The molecule has 2 aromatic rings. The molecule has 3 unspecified atom stereocenters. The van der Waals surface area contributed by atoms with Crippen molar-refractivity contribution >= 4 is 17.0 Å². The van der Waals surface area contributed by atoms with Crippen LogP contribution in [0.3, 0.4) is 0 Å². The molecule has 4 aliphatic rings. The third kappa shape index (κ3) is 4.31. The van der Waals surface area contributed by atoms with Gasteiger partial charge in [-0.25, -0.2) is 4.98 Å². The molecule has 0 radical (unpaired) electrons. The molecule has 39 heavy (non-hydrogen) atoms. The zero-order valence-corrected chi connectivity index (χ0v) is 25.6. The number of rotatable bonds is 7. The highest BCUT2D eigenvalue weighted by atomic mass is 16.5. The lowest BCUT2D eigenvalue weighted by atomic mass is 9.47. The predicted octanol–water partition coefficient (Wildman–Crippen LogP) is 9.94. The van der Waals surface area contributed by atoms with Crippen molar-refractivity contribution in [3.05, 3.63) is 58.5 Å². The lowest BCUT2D eigenvalue weighted by molar-refractivity contribution is -0.0289. The molecule has 6 rings (SSSR count). The fourth-order valence-corrected chi connectivity index (χ4v) is 9.97. The van der Waals surface area contributed by atoms with E-state index in [1.807, 2.05) is 0 Å². The third-order valence-electron chi connectivity index (χ3n) is 12.0.